The average Bonchev–Trinajstić information content (AvgIpc) is 3.41. The van der Waals surface area contributed by atoms with Crippen LogP contribution in [0.4, 0.5) is 5.69 Å². The molecule has 0 aliphatic heterocycles. The SMILES string of the molecule is Cc1nn(C)cc1-c1ccncc1/C=C/C(=O)Nc1ccc(CCc2nnco2)cc1. The molecule has 0 aliphatic rings. The molecular formula is C23H22N6O2. The first kappa shape index (κ1) is 20.2. The number of hydrogen-bond donors (Lipinski definition) is 1. The molecule has 1 aromatic carbocycles. The summed E-state index contributed by atoms with van der Waals surface area (Å²) in [4.78, 5) is 16.6. The Labute approximate surface area is 179 Å². The van der Waals surface area contributed by atoms with Crippen molar-refractivity contribution in [2.24, 2.45) is 7.05 Å². The highest BCUT2D eigenvalue weighted by molar-refractivity contribution is 6.02. The summed E-state index contributed by atoms with van der Waals surface area (Å²) in [5.41, 5.74) is 5.62. The van der Waals surface area contributed by atoms with Gasteiger partial charge in [0.1, 0.15) is 0 Å². The fraction of sp³-hybridized carbons (Fsp3) is 0.174. The fourth-order valence-electron chi connectivity index (χ4n) is 3.31. The minimum atomic E-state index is -0.212. The first-order valence-corrected chi connectivity index (χ1v) is 9.86. The minimum absolute atomic E-state index is 0.212. The highest BCUT2D eigenvalue weighted by Gasteiger charge is 2.10. The van der Waals surface area contributed by atoms with Gasteiger partial charge in [-0.05, 0) is 48.7 Å². The van der Waals surface area contributed by atoms with E-state index < -0.39 is 0 Å². The van der Waals surface area contributed by atoms with Crippen molar-refractivity contribution >= 4 is 17.7 Å². The number of pyridine rings is 1. The maximum absolute atomic E-state index is 12.4. The minimum Gasteiger partial charge on any atom is -0.428 e. The summed E-state index contributed by atoms with van der Waals surface area (Å²) < 4.78 is 6.92. The number of nitrogens with one attached hydrogen (secondary N) is 1. The Hall–Kier alpha value is -4.07. The van der Waals surface area contributed by atoms with E-state index in [-0.39, 0.29) is 5.91 Å². The predicted octanol–water partition coefficient (Wildman–Crippen LogP) is 3.61. The number of aromatic nitrogens is 5. The Morgan fingerprint density at radius 2 is 2.00 bits per heavy atom. The molecule has 0 atom stereocenters. The maximum Gasteiger partial charge on any atom is 0.248 e. The van der Waals surface area contributed by atoms with Gasteiger partial charge in [0.2, 0.25) is 18.2 Å². The van der Waals surface area contributed by atoms with Crippen LogP contribution in [0.15, 0.2) is 65.8 Å². The third-order valence-electron chi connectivity index (χ3n) is 4.82. The van der Waals surface area contributed by atoms with Gasteiger partial charge in [-0.15, -0.1) is 10.2 Å². The first-order valence-electron chi connectivity index (χ1n) is 9.86. The Morgan fingerprint density at radius 3 is 2.71 bits per heavy atom. The number of anilines is 1. The van der Waals surface area contributed by atoms with E-state index in [2.05, 4.69) is 25.6 Å². The maximum atomic E-state index is 12.4. The lowest BCUT2D eigenvalue weighted by molar-refractivity contribution is -0.111. The van der Waals surface area contributed by atoms with Crippen molar-refractivity contribution in [3.63, 3.8) is 0 Å². The van der Waals surface area contributed by atoms with Crippen molar-refractivity contribution < 1.29 is 9.21 Å². The van der Waals surface area contributed by atoms with Crippen molar-refractivity contribution in [3.05, 3.63) is 84.1 Å². The number of benzene rings is 1. The molecule has 3 heterocycles. The van der Waals surface area contributed by atoms with Crippen LogP contribution in [0.25, 0.3) is 17.2 Å². The van der Waals surface area contributed by atoms with Crippen molar-refractivity contribution in [2.45, 2.75) is 19.8 Å². The largest absolute Gasteiger partial charge is 0.428 e. The molecule has 1 amide bonds. The molecule has 8 nitrogen and oxygen atoms in total. The zero-order chi connectivity index (χ0) is 21.6. The number of nitrogens with zero attached hydrogens (tertiary/aromatic N) is 5. The summed E-state index contributed by atoms with van der Waals surface area (Å²) in [6, 6.07) is 9.63. The third-order valence-corrected chi connectivity index (χ3v) is 4.82. The fourth-order valence-corrected chi connectivity index (χ4v) is 3.31. The molecule has 0 bridgehead atoms. The molecular weight excluding hydrogens is 392 g/mol. The lowest BCUT2D eigenvalue weighted by atomic mass is 10.0. The topological polar surface area (TPSA) is 98.7 Å². The molecule has 3 aromatic heterocycles. The molecule has 0 saturated carbocycles. The van der Waals surface area contributed by atoms with Crippen LogP contribution in [0.5, 0.6) is 0 Å². The van der Waals surface area contributed by atoms with E-state index in [1.54, 1.807) is 23.2 Å². The highest BCUT2D eigenvalue weighted by atomic mass is 16.4. The standard InChI is InChI=1S/C23H22N6O2/c1-16-21(14-29(2)28-16)20-11-12-24-13-18(20)6-9-22(30)26-19-7-3-17(4-8-19)5-10-23-27-25-15-31-23/h3-4,6-9,11-15H,5,10H2,1-2H3,(H,26,30)/b9-6+. The third kappa shape index (κ3) is 5.11. The zero-order valence-corrected chi connectivity index (χ0v) is 17.3. The number of carbonyl (C=O) groups is 1. The van der Waals surface area contributed by atoms with Gasteiger partial charge in [-0.3, -0.25) is 14.5 Å². The molecule has 8 heteroatoms. The van der Waals surface area contributed by atoms with E-state index in [0.717, 1.165) is 40.1 Å². The molecule has 4 aromatic rings. The van der Waals surface area contributed by atoms with Gasteiger partial charge in [-0.25, -0.2) is 0 Å². The number of rotatable bonds is 7. The second-order valence-electron chi connectivity index (χ2n) is 7.12. The Morgan fingerprint density at radius 1 is 1.16 bits per heavy atom. The van der Waals surface area contributed by atoms with E-state index in [4.69, 9.17) is 4.42 Å². The van der Waals surface area contributed by atoms with Gasteiger partial charge >= 0.3 is 0 Å². The van der Waals surface area contributed by atoms with E-state index in [9.17, 15) is 4.79 Å². The van der Waals surface area contributed by atoms with E-state index in [1.807, 2.05) is 50.5 Å². The zero-order valence-electron chi connectivity index (χ0n) is 17.3. The van der Waals surface area contributed by atoms with Gasteiger partial charge in [0.05, 0.1) is 5.69 Å². The van der Waals surface area contributed by atoms with Crippen molar-refractivity contribution in [1.82, 2.24) is 25.0 Å². The predicted molar refractivity (Wildman–Crippen MR) is 117 cm³/mol. The monoisotopic (exact) mass is 414 g/mol. The summed E-state index contributed by atoms with van der Waals surface area (Å²) in [5, 5.41) is 14.8. The van der Waals surface area contributed by atoms with Crippen LogP contribution in [-0.2, 0) is 24.7 Å². The van der Waals surface area contributed by atoms with Gasteiger partial charge in [0.15, 0.2) is 0 Å². The average molecular weight is 414 g/mol. The smallest absolute Gasteiger partial charge is 0.248 e. The van der Waals surface area contributed by atoms with E-state index in [0.29, 0.717) is 12.3 Å². The number of amides is 1. The van der Waals surface area contributed by atoms with Gasteiger partial charge < -0.3 is 9.73 Å². The van der Waals surface area contributed by atoms with Crippen molar-refractivity contribution in [3.8, 4) is 11.1 Å². The van der Waals surface area contributed by atoms with Gasteiger partial charge in [-0.1, -0.05) is 12.1 Å². The molecule has 0 unspecified atom stereocenters. The highest BCUT2D eigenvalue weighted by Crippen LogP contribution is 2.26. The van der Waals surface area contributed by atoms with Gasteiger partial charge in [0.25, 0.3) is 0 Å². The molecule has 0 saturated heterocycles. The second-order valence-corrected chi connectivity index (χ2v) is 7.12. The Bertz CT molecular complexity index is 1190. The quantitative estimate of drug-likeness (QED) is 0.464. The van der Waals surface area contributed by atoms with Gasteiger partial charge in [0, 0.05) is 54.9 Å². The first-order chi connectivity index (χ1) is 15.1. The Balaban J connectivity index is 1.39. The number of carbonyl (C=O) groups excluding carboxylic acids is 1. The van der Waals surface area contributed by atoms with Crippen molar-refractivity contribution in [1.29, 1.82) is 0 Å². The second kappa shape index (κ2) is 9.17. The molecule has 0 aliphatic carbocycles. The number of aryl methyl sites for hydroxylation is 4. The van der Waals surface area contributed by atoms with E-state index >= 15 is 0 Å². The van der Waals surface area contributed by atoms with E-state index in [1.165, 1.54) is 12.5 Å². The van der Waals surface area contributed by atoms with Crippen LogP contribution < -0.4 is 5.32 Å². The van der Waals surface area contributed by atoms with Gasteiger partial charge in [-0.2, -0.15) is 5.10 Å². The van der Waals surface area contributed by atoms with Crippen LogP contribution >= 0.6 is 0 Å². The molecule has 0 spiro atoms. The van der Waals surface area contributed by atoms with Crippen LogP contribution in [0.2, 0.25) is 0 Å². The molecule has 31 heavy (non-hydrogen) atoms. The Kier molecular flexibility index (Phi) is 5.98. The summed E-state index contributed by atoms with van der Waals surface area (Å²) in [5.74, 6) is 0.398. The van der Waals surface area contributed by atoms with Crippen LogP contribution in [0.3, 0.4) is 0 Å². The molecule has 0 radical (unpaired) electrons. The lowest BCUT2D eigenvalue weighted by Gasteiger charge is -2.05. The molecule has 1 N–H and O–H groups in total. The van der Waals surface area contributed by atoms with Crippen LogP contribution in [0, 0.1) is 6.92 Å². The summed E-state index contributed by atoms with van der Waals surface area (Å²) >= 11 is 0. The number of hydrogen-bond acceptors (Lipinski definition) is 6. The molecule has 156 valence electrons. The summed E-state index contributed by atoms with van der Waals surface area (Å²) in [7, 11) is 1.89. The summed E-state index contributed by atoms with van der Waals surface area (Å²) in [6.45, 7) is 1.96. The van der Waals surface area contributed by atoms with Crippen LogP contribution in [0.1, 0.15) is 22.7 Å². The molecule has 0 fully saturated rings. The summed E-state index contributed by atoms with van der Waals surface area (Å²) in [6.07, 6.45) is 11.5. The molecule has 4 rings (SSSR count). The lowest BCUT2D eigenvalue weighted by Crippen LogP contribution is -2.07. The normalized spacial score (nSPS) is 11.2. The van der Waals surface area contributed by atoms with Crippen molar-refractivity contribution in [2.75, 3.05) is 5.32 Å². The van der Waals surface area contributed by atoms with Crippen LogP contribution in [-0.4, -0.2) is 30.9 Å².